The van der Waals surface area contributed by atoms with Gasteiger partial charge in [0.25, 0.3) is 0 Å². The van der Waals surface area contributed by atoms with Gasteiger partial charge in [0, 0.05) is 19.1 Å². The lowest BCUT2D eigenvalue weighted by Gasteiger charge is -2.43. The second-order valence-electron chi connectivity index (χ2n) is 8.33. The van der Waals surface area contributed by atoms with E-state index in [1.54, 1.807) is 0 Å². The molecule has 3 unspecified atom stereocenters. The second kappa shape index (κ2) is 6.79. The Hall–Kier alpha value is -0.0800. The molecule has 2 fully saturated rings. The fourth-order valence-corrected chi connectivity index (χ4v) is 3.96. The number of hydrogen-bond acceptors (Lipinski definition) is 2. The summed E-state index contributed by atoms with van der Waals surface area (Å²) in [6.07, 6.45) is 7.13. The lowest BCUT2D eigenvalue weighted by molar-refractivity contribution is 0.0897. The highest BCUT2D eigenvalue weighted by Gasteiger charge is 2.36. The molecule has 0 aromatic carbocycles. The Morgan fingerprint density at radius 3 is 2.25 bits per heavy atom. The molecule has 0 bridgehead atoms. The summed E-state index contributed by atoms with van der Waals surface area (Å²) in [5.41, 5.74) is 0.477. The van der Waals surface area contributed by atoms with Crippen LogP contribution in [0.3, 0.4) is 0 Å². The van der Waals surface area contributed by atoms with E-state index in [4.69, 9.17) is 0 Å². The normalized spacial score (nSPS) is 31.8. The van der Waals surface area contributed by atoms with Crippen molar-refractivity contribution in [3.8, 4) is 0 Å². The molecular formula is C18H36N2. The Morgan fingerprint density at radius 1 is 1.05 bits per heavy atom. The average Bonchev–Trinajstić information content (AvgIpc) is 3.20. The van der Waals surface area contributed by atoms with Crippen molar-refractivity contribution in [2.45, 2.75) is 65.8 Å². The largest absolute Gasteiger partial charge is 0.317 e. The molecule has 2 aliphatic carbocycles. The van der Waals surface area contributed by atoms with Crippen molar-refractivity contribution in [2.75, 3.05) is 26.7 Å². The van der Waals surface area contributed by atoms with Gasteiger partial charge in [-0.2, -0.15) is 0 Å². The molecule has 3 atom stereocenters. The quantitative estimate of drug-likeness (QED) is 0.797. The van der Waals surface area contributed by atoms with Crippen LogP contribution in [0.5, 0.6) is 0 Å². The molecule has 2 saturated carbocycles. The lowest BCUT2D eigenvalue weighted by atomic mass is 9.67. The van der Waals surface area contributed by atoms with E-state index >= 15 is 0 Å². The Morgan fingerprint density at radius 2 is 1.75 bits per heavy atom. The number of rotatable bonds is 6. The van der Waals surface area contributed by atoms with Crippen LogP contribution >= 0.6 is 0 Å². The molecule has 1 N–H and O–H groups in total. The van der Waals surface area contributed by atoms with E-state index in [2.05, 4.69) is 45.0 Å². The van der Waals surface area contributed by atoms with Crippen LogP contribution in [0.15, 0.2) is 0 Å². The van der Waals surface area contributed by atoms with E-state index < -0.39 is 0 Å². The zero-order valence-corrected chi connectivity index (χ0v) is 14.4. The summed E-state index contributed by atoms with van der Waals surface area (Å²) in [6.45, 7) is 13.5. The van der Waals surface area contributed by atoms with Gasteiger partial charge in [-0.1, -0.05) is 27.7 Å². The van der Waals surface area contributed by atoms with Crippen LogP contribution in [0.1, 0.15) is 59.8 Å². The molecule has 2 heteroatoms. The van der Waals surface area contributed by atoms with Gasteiger partial charge in [0.05, 0.1) is 0 Å². The molecule has 2 aliphatic rings. The molecule has 2 nitrogen and oxygen atoms in total. The minimum atomic E-state index is 0.477. The fraction of sp³-hybridized carbons (Fsp3) is 1.00. The van der Waals surface area contributed by atoms with Crippen LogP contribution in [0.4, 0.5) is 0 Å². The van der Waals surface area contributed by atoms with E-state index in [1.807, 2.05) is 0 Å². The third-order valence-corrected chi connectivity index (χ3v) is 5.73. The average molecular weight is 280 g/mol. The zero-order valence-electron chi connectivity index (χ0n) is 14.4. The zero-order chi connectivity index (χ0) is 14.8. The van der Waals surface area contributed by atoms with Crippen LogP contribution in [-0.2, 0) is 0 Å². The van der Waals surface area contributed by atoms with E-state index in [-0.39, 0.29) is 0 Å². The van der Waals surface area contributed by atoms with E-state index in [9.17, 15) is 0 Å². The minimum absolute atomic E-state index is 0.477. The van der Waals surface area contributed by atoms with Crippen molar-refractivity contribution in [3.05, 3.63) is 0 Å². The molecule has 0 amide bonds. The van der Waals surface area contributed by atoms with Crippen LogP contribution in [0, 0.1) is 23.2 Å². The molecule has 0 aromatic rings. The molecule has 0 radical (unpaired) electrons. The molecule has 0 spiro atoms. The highest BCUT2D eigenvalue weighted by Crippen LogP contribution is 2.41. The van der Waals surface area contributed by atoms with E-state index in [0.29, 0.717) is 5.41 Å². The summed E-state index contributed by atoms with van der Waals surface area (Å²) < 4.78 is 0. The first-order chi connectivity index (χ1) is 9.44. The van der Waals surface area contributed by atoms with Crippen molar-refractivity contribution < 1.29 is 0 Å². The summed E-state index contributed by atoms with van der Waals surface area (Å²) in [5, 5.41) is 3.60. The van der Waals surface area contributed by atoms with Gasteiger partial charge >= 0.3 is 0 Å². The van der Waals surface area contributed by atoms with E-state index in [0.717, 1.165) is 23.8 Å². The minimum Gasteiger partial charge on any atom is -0.317 e. The number of nitrogens with one attached hydrogen (secondary N) is 1. The van der Waals surface area contributed by atoms with Gasteiger partial charge in [-0.05, 0) is 68.9 Å². The van der Waals surface area contributed by atoms with Gasteiger partial charge < -0.3 is 10.2 Å². The molecule has 2 rings (SSSR count). The monoisotopic (exact) mass is 280 g/mol. The summed E-state index contributed by atoms with van der Waals surface area (Å²) in [4.78, 5) is 2.72. The maximum absolute atomic E-state index is 3.60. The molecule has 0 aromatic heterocycles. The van der Waals surface area contributed by atoms with Crippen molar-refractivity contribution >= 4 is 0 Å². The van der Waals surface area contributed by atoms with Gasteiger partial charge in [-0.15, -0.1) is 0 Å². The third-order valence-electron chi connectivity index (χ3n) is 5.73. The molecule has 0 aliphatic heterocycles. The van der Waals surface area contributed by atoms with Crippen LogP contribution in [0.2, 0.25) is 0 Å². The highest BCUT2D eigenvalue weighted by molar-refractivity contribution is 4.90. The first-order valence-electron chi connectivity index (χ1n) is 8.83. The maximum atomic E-state index is 3.60. The van der Waals surface area contributed by atoms with Gasteiger partial charge in [0.2, 0.25) is 0 Å². The Bertz CT molecular complexity index is 290. The van der Waals surface area contributed by atoms with Gasteiger partial charge in [-0.3, -0.25) is 0 Å². The van der Waals surface area contributed by atoms with Crippen molar-refractivity contribution in [3.63, 3.8) is 0 Å². The van der Waals surface area contributed by atoms with Gasteiger partial charge in [0.15, 0.2) is 0 Å². The summed E-state index contributed by atoms with van der Waals surface area (Å²) in [6, 6.07) is 0.738. The van der Waals surface area contributed by atoms with Crippen molar-refractivity contribution in [1.29, 1.82) is 0 Å². The first-order valence-corrected chi connectivity index (χ1v) is 8.83. The molecular weight excluding hydrogens is 244 g/mol. The predicted octanol–water partition coefficient (Wildman–Crippen LogP) is 3.77. The Kier molecular flexibility index (Phi) is 5.53. The predicted molar refractivity (Wildman–Crippen MR) is 88.0 cm³/mol. The molecule has 20 heavy (non-hydrogen) atoms. The number of nitrogens with zero attached hydrogens (tertiary/aromatic N) is 1. The van der Waals surface area contributed by atoms with Crippen molar-refractivity contribution in [2.24, 2.45) is 23.2 Å². The number of hydrogen-bond donors (Lipinski definition) is 1. The van der Waals surface area contributed by atoms with Gasteiger partial charge in [-0.25, -0.2) is 0 Å². The van der Waals surface area contributed by atoms with Crippen LogP contribution < -0.4 is 5.32 Å². The Labute approximate surface area is 126 Å². The fourth-order valence-electron chi connectivity index (χ4n) is 3.96. The lowest BCUT2D eigenvalue weighted by Crippen LogP contribution is -2.46. The molecule has 0 saturated heterocycles. The van der Waals surface area contributed by atoms with Gasteiger partial charge in [0.1, 0.15) is 0 Å². The SMILES string of the molecule is CCN(CC1CC1)CC1CC(C(C)(C)C)CCC1NC. The topological polar surface area (TPSA) is 15.3 Å². The smallest absolute Gasteiger partial charge is 0.0105 e. The summed E-state index contributed by atoms with van der Waals surface area (Å²) in [7, 11) is 2.16. The third kappa shape index (κ3) is 4.46. The summed E-state index contributed by atoms with van der Waals surface area (Å²) in [5.74, 6) is 2.76. The highest BCUT2D eigenvalue weighted by atomic mass is 15.1. The van der Waals surface area contributed by atoms with Crippen LogP contribution in [0.25, 0.3) is 0 Å². The van der Waals surface area contributed by atoms with Crippen molar-refractivity contribution in [1.82, 2.24) is 10.2 Å². The molecule has 0 heterocycles. The second-order valence-corrected chi connectivity index (χ2v) is 8.33. The Balaban J connectivity index is 1.93. The maximum Gasteiger partial charge on any atom is 0.0105 e. The summed E-state index contributed by atoms with van der Waals surface area (Å²) >= 11 is 0. The van der Waals surface area contributed by atoms with E-state index in [1.165, 1.54) is 51.7 Å². The van der Waals surface area contributed by atoms with Crippen LogP contribution in [-0.4, -0.2) is 37.6 Å². The molecule has 118 valence electrons. The standard InChI is InChI=1S/C18H36N2/c1-6-20(12-14-7-8-14)13-15-11-16(18(2,3)4)9-10-17(15)19-5/h14-17,19H,6-13H2,1-5H3. The first kappa shape index (κ1) is 16.3.